The average Bonchev–Trinajstić information content (AvgIpc) is 2.96. The van der Waals surface area contributed by atoms with Crippen molar-refractivity contribution in [1.82, 2.24) is 10.2 Å². The standard InChI is InChI=1S/C30H45N3/c1-23-12-5-7-14-24(15-8-6-13-23)25-16-9-10-17-26(21-11-20-25)28-22-29(32-33-30(28)31)27-18-3-2-4-19-27/h2-4,18-19,22-26H,5-17,20-21H2,1H3,(H2,31,33). The number of anilines is 1. The molecule has 2 aliphatic rings. The lowest BCUT2D eigenvalue weighted by atomic mass is 9.77. The van der Waals surface area contributed by atoms with E-state index in [0.29, 0.717) is 11.7 Å². The van der Waals surface area contributed by atoms with Crippen molar-refractivity contribution in [3.05, 3.63) is 42.0 Å². The van der Waals surface area contributed by atoms with E-state index in [1.165, 1.54) is 102 Å². The Morgan fingerprint density at radius 2 is 1.21 bits per heavy atom. The topological polar surface area (TPSA) is 51.8 Å². The molecule has 0 radical (unpaired) electrons. The van der Waals surface area contributed by atoms with Gasteiger partial charge in [0.05, 0.1) is 5.69 Å². The van der Waals surface area contributed by atoms with Crippen LogP contribution in [-0.4, -0.2) is 10.2 Å². The van der Waals surface area contributed by atoms with Gasteiger partial charge in [0.1, 0.15) is 5.82 Å². The molecule has 2 aromatic rings. The summed E-state index contributed by atoms with van der Waals surface area (Å²) in [6.07, 6.45) is 21.0. The van der Waals surface area contributed by atoms with Crippen molar-refractivity contribution in [3.63, 3.8) is 0 Å². The molecule has 1 aromatic carbocycles. The molecule has 2 atom stereocenters. The van der Waals surface area contributed by atoms with Gasteiger partial charge in [-0.3, -0.25) is 0 Å². The molecule has 33 heavy (non-hydrogen) atoms. The molecule has 3 nitrogen and oxygen atoms in total. The zero-order chi connectivity index (χ0) is 22.9. The Hall–Kier alpha value is -1.90. The lowest BCUT2D eigenvalue weighted by Gasteiger charge is -2.29. The molecule has 3 heteroatoms. The van der Waals surface area contributed by atoms with Crippen molar-refractivity contribution in [2.24, 2.45) is 17.8 Å². The lowest BCUT2D eigenvalue weighted by Crippen LogP contribution is -2.16. The smallest absolute Gasteiger partial charge is 0.149 e. The van der Waals surface area contributed by atoms with Crippen molar-refractivity contribution in [2.45, 2.75) is 109 Å². The number of nitrogen functional groups attached to an aromatic ring is 1. The zero-order valence-corrected chi connectivity index (χ0v) is 20.9. The van der Waals surface area contributed by atoms with Crippen molar-refractivity contribution in [3.8, 4) is 11.3 Å². The zero-order valence-electron chi connectivity index (χ0n) is 20.9. The Bertz CT molecular complexity index is 822. The fourth-order valence-electron chi connectivity index (χ4n) is 6.55. The lowest BCUT2D eigenvalue weighted by molar-refractivity contribution is 0.232. The normalized spacial score (nSPS) is 28.3. The SMILES string of the molecule is CC1CCCCC(C2CCCCC(c3cc(-c4ccccc4)nnc3N)CCC2)CCCC1. The highest BCUT2D eigenvalue weighted by molar-refractivity contribution is 5.61. The third-order valence-corrected chi connectivity index (χ3v) is 8.58. The highest BCUT2D eigenvalue weighted by Gasteiger charge is 2.25. The third kappa shape index (κ3) is 7.04. The fraction of sp³-hybridized carbons (Fsp3) is 0.667. The van der Waals surface area contributed by atoms with Gasteiger partial charge in [-0.05, 0) is 42.6 Å². The van der Waals surface area contributed by atoms with Crippen LogP contribution in [0.15, 0.2) is 36.4 Å². The second-order valence-electron chi connectivity index (χ2n) is 11.0. The Labute approximate surface area is 202 Å². The molecule has 1 aromatic heterocycles. The van der Waals surface area contributed by atoms with Gasteiger partial charge in [0.15, 0.2) is 0 Å². The summed E-state index contributed by atoms with van der Waals surface area (Å²) < 4.78 is 0. The molecule has 0 saturated heterocycles. The maximum atomic E-state index is 6.37. The van der Waals surface area contributed by atoms with Gasteiger partial charge in [0.25, 0.3) is 0 Å². The van der Waals surface area contributed by atoms with E-state index < -0.39 is 0 Å². The summed E-state index contributed by atoms with van der Waals surface area (Å²) in [5.74, 6) is 4.01. The molecule has 0 amide bonds. The van der Waals surface area contributed by atoms with Gasteiger partial charge in [-0.1, -0.05) is 121 Å². The first-order valence-corrected chi connectivity index (χ1v) is 13.9. The Morgan fingerprint density at radius 3 is 1.88 bits per heavy atom. The number of hydrogen-bond acceptors (Lipinski definition) is 3. The van der Waals surface area contributed by atoms with Gasteiger partial charge < -0.3 is 5.73 Å². The van der Waals surface area contributed by atoms with E-state index >= 15 is 0 Å². The molecule has 2 fully saturated rings. The summed E-state index contributed by atoms with van der Waals surface area (Å²) in [6.45, 7) is 2.46. The molecular weight excluding hydrogens is 402 g/mol. The van der Waals surface area contributed by atoms with Crippen LogP contribution in [0.4, 0.5) is 5.82 Å². The van der Waals surface area contributed by atoms with Crippen LogP contribution in [0.1, 0.15) is 115 Å². The van der Waals surface area contributed by atoms with Gasteiger partial charge in [0, 0.05) is 11.1 Å². The number of nitrogens with zero attached hydrogens (tertiary/aromatic N) is 2. The van der Waals surface area contributed by atoms with E-state index in [9.17, 15) is 0 Å². The Kier molecular flexibility index (Phi) is 9.20. The highest BCUT2D eigenvalue weighted by Crippen LogP contribution is 2.39. The molecule has 180 valence electrons. The van der Waals surface area contributed by atoms with Crippen LogP contribution in [0.5, 0.6) is 0 Å². The Morgan fingerprint density at radius 1 is 0.667 bits per heavy atom. The first kappa shape index (κ1) is 24.2. The predicted molar refractivity (Wildman–Crippen MR) is 140 cm³/mol. The number of hydrogen-bond donors (Lipinski definition) is 1. The number of rotatable bonds is 3. The molecule has 0 aliphatic heterocycles. The molecule has 2 saturated carbocycles. The van der Waals surface area contributed by atoms with Crippen molar-refractivity contribution in [2.75, 3.05) is 5.73 Å². The van der Waals surface area contributed by atoms with E-state index in [4.69, 9.17) is 5.73 Å². The fourth-order valence-corrected chi connectivity index (χ4v) is 6.55. The van der Waals surface area contributed by atoms with E-state index in [2.05, 4.69) is 47.5 Å². The van der Waals surface area contributed by atoms with Gasteiger partial charge >= 0.3 is 0 Å². The molecule has 4 rings (SSSR count). The summed E-state index contributed by atoms with van der Waals surface area (Å²) in [5, 5.41) is 8.76. The first-order chi connectivity index (χ1) is 16.2. The summed E-state index contributed by atoms with van der Waals surface area (Å²) in [5.41, 5.74) is 9.68. The monoisotopic (exact) mass is 447 g/mol. The minimum absolute atomic E-state index is 0.521. The van der Waals surface area contributed by atoms with E-state index in [-0.39, 0.29) is 0 Å². The summed E-state index contributed by atoms with van der Waals surface area (Å²) in [6, 6.07) is 12.6. The maximum Gasteiger partial charge on any atom is 0.149 e. The number of nitrogens with two attached hydrogens (primary N) is 1. The van der Waals surface area contributed by atoms with Crippen LogP contribution >= 0.6 is 0 Å². The maximum absolute atomic E-state index is 6.37. The molecule has 0 bridgehead atoms. The molecular formula is C30H45N3. The average molecular weight is 448 g/mol. The van der Waals surface area contributed by atoms with Crippen LogP contribution < -0.4 is 5.73 Å². The van der Waals surface area contributed by atoms with Gasteiger partial charge in [-0.25, -0.2) is 0 Å². The summed E-state index contributed by atoms with van der Waals surface area (Å²) in [7, 11) is 0. The van der Waals surface area contributed by atoms with Crippen molar-refractivity contribution < 1.29 is 0 Å². The molecule has 0 spiro atoms. The minimum atomic E-state index is 0.521. The first-order valence-electron chi connectivity index (χ1n) is 13.9. The summed E-state index contributed by atoms with van der Waals surface area (Å²) in [4.78, 5) is 0. The molecule has 2 N–H and O–H groups in total. The quantitative estimate of drug-likeness (QED) is 0.512. The van der Waals surface area contributed by atoms with Crippen molar-refractivity contribution in [1.29, 1.82) is 0 Å². The third-order valence-electron chi connectivity index (χ3n) is 8.58. The van der Waals surface area contributed by atoms with Crippen LogP contribution in [-0.2, 0) is 0 Å². The molecule has 1 heterocycles. The van der Waals surface area contributed by atoms with Crippen LogP contribution in [0.25, 0.3) is 11.3 Å². The van der Waals surface area contributed by atoms with E-state index in [1.807, 2.05) is 6.07 Å². The van der Waals surface area contributed by atoms with Gasteiger partial charge in [0.2, 0.25) is 0 Å². The number of benzene rings is 1. The van der Waals surface area contributed by atoms with E-state index in [1.54, 1.807) is 0 Å². The highest BCUT2D eigenvalue weighted by atomic mass is 15.1. The number of aromatic nitrogens is 2. The minimum Gasteiger partial charge on any atom is -0.382 e. The van der Waals surface area contributed by atoms with E-state index in [0.717, 1.165) is 29.0 Å². The second kappa shape index (κ2) is 12.5. The van der Waals surface area contributed by atoms with Crippen molar-refractivity contribution >= 4 is 5.82 Å². The largest absolute Gasteiger partial charge is 0.382 e. The summed E-state index contributed by atoms with van der Waals surface area (Å²) >= 11 is 0. The van der Waals surface area contributed by atoms with Crippen LogP contribution in [0, 0.1) is 17.8 Å². The van der Waals surface area contributed by atoms with Gasteiger partial charge in [-0.2, -0.15) is 0 Å². The van der Waals surface area contributed by atoms with Crippen LogP contribution in [0.2, 0.25) is 0 Å². The predicted octanol–water partition coefficient (Wildman–Crippen LogP) is 8.56. The van der Waals surface area contributed by atoms with Crippen LogP contribution in [0.3, 0.4) is 0 Å². The second-order valence-corrected chi connectivity index (χ2v) is 11.0. The molecule has 2 aliphatic carbocycles. The molecule has 2 unspecified atom stereocenters. The van der Waals surface area contributed by atoms with Gasteiger partial charge in [-0.15, -0.1) is 10.2 Å². The Balaban J connectivity index is 1.40.